The molecule has 0 bridgehead atoms. The van der Waals surface area contributed by atoms with Gasteiger partial charge in [0.05, 0.1) is 23.8 Å². The number of nitrogens with zero attached hydrogens (tertiary/aromatic N) is 4. The Morgan fingerprint density at radius 1 is 1.20 bits per heavy atom. The summed E-state index contributed by atoms with van der Waals surface area (Å²) in [6, 6.07) is 13.8. The van der Waals surface area contributed by atoms with Gasteiger partial charge >= 0.3 is 0 Å². The summed E-state index contributed by atoms with van der Waals surface area (Å²) < 4.78 is 10.8. The highest BCUT2D eigenvalue weighted by Crippen LogP contribution is 2.34. The van der Waals surface area contributed by atoms with E-state index in [1.807, 2.05) is 0 Å². The van der Waals surface area contributed by atoms with Crippen LogP contribution in [0.4, 0.5) is 11.4 Å². The zero-order valence-corrected chi connectivity index (χ0v) is 13.0. The average molecular weight is 337 g/mol. The van der Waals surface area contributed by atoms with E-state index in [4.69, 9.17) is 20.0 Å². The number of methoxy groups -OCH3 is 1. The number of ether oxygens (including phenoxy) is 2. The molecule has 0 saturated carbocycles. The van der Waals surface area contributed by atoms with E-state index in [0.29, 0.717) is 11.5 Å². The molecule has 0 fully saturated rings. The van der Waals surface area contributed by atoms with Crippen LogP contribution in [-0.2, 0) is 0 Å². The van der Waals surface area contributed by atoms with E-state index in [9.17, 15) is 10.1 Å². The van der Waals surface area contributed by atoms with Gasteiger partial charge in [0, 0.05) is 12.1 Å². The van der Waals surface area contributed by atoms with Crippen molar-refractivity contribution >= 4 is 17.1 Å². The second kappa shape index (κ2) is 7.94. The zero-order valence-electron chi connectivity index (χ0n) is 13.0. The molecule has 0 saturated heterocycles. The zero-order chi connectivity index (χ0) is 18.2. The molecule has 124 valence electrons. The van der Waals surface area contributed by atoms with E-state index in [1.165, 1.54) is 25.3 Å². The number of hydrogen-bond donors (Lipinski definition) is 1. The quantitative estimate of drug-likeness (QED) is 0.486. The van der Waals surface area contributed by atoms with Crippen molar-refractivity contribution in [3.63, 3.8) is 0 Å². The smallest absolute Gasteiger partial charge is 0.275 e. The van der Waals surface area contributed by atoms with Crippen LogP contribution in [0.25, 0.3) is 0 Å². The van der Waals surface area contributed by atoms with Crippen molar-refractivity contribution in [1.82, 2.24) is 0 Å². The summed E-state index contributed by atoms with van der Waals surface area (Å²) in [5.74, 6) is 0.985. The lowest BCUT2D eigenvalue weighted by Gasteiger charge is -2.11. The molecule has 2 aromatic carbocycles. The summed E-state index contributed by atoms with van der Waals surface area (Å²) in [6.45, 7) is 0. The van der Waals surface area contributed by atoms with Gasteiger partial charge in [0.1, 0.15) is 17.9 Å². The van der Waals surface area contributed by atoms with Gasteiger partial charge in [-0.05, 0) is 12.1 Å². The van der Waals surface area contributed by atoms with Crippen LogP contribution in [0.1, 0.15) is 0 Å². The molecular formula is C16H11N5O4. The van der Waals surface area contributed by atoms with E-state index in [1.54, 1.807) is 36.4 Å². The van der Waals surface area contributed by atoms with Crippen LogP contribution >= 0.6 is 0 Å². The SMILES string of the molecule is COc1ccccc1Oc1cc(NN=C(C#N)C#N)cc([N+](=O)[O-])c1. The van der Waals surface area contributed by atoms with E-state index in [-0.39, 0.29) is 17.1 Å². The second-order valence-corrected chi connectivity index (χ2v) is 4.52. The van der Waals surface area contributed by atoms with Gasteiger partial charge in [0.15, 0.2) is 11.5 Å². The Kier molecular flexibility index (Phi) is 5.48. The maximum absolute atomic E-state index is 11.1. The molecule has 0 aliphatic carbocycles. The third kappa shape index (κ3) is 4.43. The predicted molar refractivity (Wildman–Crippen MR) is 88.4 cm³/mol. The van der Waals surface area contributed by atoms with Crippen LogP contribution in [0.15, 0.2) is 47.6 Å². The summed E-state index contributed by atoms with van der Waals surface area (Å²) in [5.41, 5.74) is 1.94. The number of nitrogens with one attached hydrogen (secondary N) is 1. The summed E-state index contributed by atoms with van der Waals surface area (Å²) in [5, 5.41) is 32.0. The number of hydrogen-bond acceptors (Lipinski definition) is 8. The van der Waals surface area contributed by atoms with Crippen molar-refractivity contribution in [3.05, 3.63) is 52.6 Å². The van der Waals surface area contributed by atoms with E-state index in [0.717, 1.165) is 0 Å². The van der Waals surface area contributed by atoms with Crippen LogP contribution in [0.3, 0.4) is 0 Å². The number of nitro benzene ring substituents is 1. The third-order valence-corrected chi connectivity index (χ3v) is 2.91. The maximum Gasteiger partial charge on any atom is 0.275 e. The third-order valence-electron chi connectivity index (χ3n) is 2.91. The molecule has 0 spiro atoms. The van der Waals surface area contributed by atoms with Crippen molar-refractivity contribution in [2.24, 2.45) is 5.10 Å². The Morgan fingerprint density at radius 3 is 2.48 bits per heavy atom. The normalized spacial score (nSPS) is 9.24. The highest BCUT2D eigenvalue weighted by Gasteiger charge is 2.13. The van der Waals surface area contributed by atoms with Crippen molar-refractivity contribution < 1.29 is 14.4 Å². The first-order valence-corrected chi connectivity index (χ1v) is 6.81. The Morgan fingerprint density at radius 2 is 1.88 bits per heavy atom. The summed E-state index contributed by atoms with van der Waals surface area (Å²) in [6.07, 6.45) is 0. The first kappa shape index (κ1) is 17.2. The highest BCUT2D eigenvalue weighted by molar-refractivity contribution is 6.10. The molecule has 2 aromatic rings. The molecule has 0 aromatic heterocycles. The topological polar surface area (TPSA) is 134 Å². The fraction of sp³-hybridized carbons (Fsp3) is 0.0625. The van der Waals surface area contributed by atoms with Gasteiger partial charge in [0.25, 0.3) is 5.69 Å². The molecular weight excluding hydrogens is 326 g/mol. The van der Waals surface area contributed by atoms with Gasteiger partial charge in [-0.3, -0.25) is 15.5 Å². The van der Waals surface area contributed by atoms with E-state index >= 15 is 0 Å². The molecule has 0 amide bonds. The number of rotatable bonds is 6. The van der Waals surface area contributed by atoms with Gasteiger partial charge in [0.2, 0.25) is 5.71 Å². The van der Waals surface area contributed by atoms with Crippen molar-refractivity contribution in [3.8, 4) is 29.4 Å². The first-order chi connectivity index (χ1) is 12.1. The Bertz CT molecular complexity index is 895. The van der Waals surface area contributed by atoms with Crippen molar-refractivity contribution in [2.45, 2.75) is 0 Å². The number of nitro groups is 1. The molecule has 0 atom stereocenters. The summed E-state index contributed by atoms with van der Waals surface area (Å²) in [4.78, 5) is 10.5. The number of nitriles is 2. The van der Waals surface area contributed by atoms with Gasteiger partial charge in [-0.15, -0.1) is 0 Å². The molecule has 0 aliphatic heterocycles. The van der Waals surface area contributed by atoms with E-state index < -0.39 is 10.6 Å². The predicted octanol–water partition coefficient (Wildman–Crippen LogP) is 3.21. The number of benzene rings is 2. The molecule has 2 rings (SSSR count). The largest absolute Gasteiger partial charge is 0.493 e. The van der Waals surface area contributed by atoms with Crippen LogP contribution in [-0.4, -0.2) is 17.7 Å². The van der Waals surface area contributed by atoms with Crippen LogP contribution in [0, 0.1) is 32.8 Å². The minimum Gasteiger partial charge on any atom is -0.493 e. The van der Waals surface area contributed by atoms with Gasteiger partial charge in [-0.2, -0.15) is 15.6 Å². The lowest BCUT2D eigenvalue weighted by molar-refractivity contribution is -0.384. The molecule has 25 heavy (non-hydrogen) atoms. The number of anilines is 1. The fourth-order valence-corrected chi connectivity index (χ4v) is 1.84. The Hall–Kier alpha value is -4.11. The minimum atomic E-state index is -0.598. The second-order valence-electron chi connectivity index (χ2n) is 4.52. The molecule has 9 heteroatoms. The molecule has 9 nitrogen and oxygen atoms in total. The summed E-state index contributed by atoms with van der Waals surface area (Å²) in [7, 11) is 1.47. The molecule has 0 aliphatic rings. The van der Waals surface area contributed by atoms with Crippen molar-refractivity contribution in [2.75, 3.05) is 12.5 Å². The Balaban J connectivity index is 2.38. The van der Waals surface area contributed by atoms with Crippen LogP contribution < -0.4 is 14.9 Å². The molecule has 0 heterocycles. The molecule has 0 radical (unpaired) electrons. The fourth-order valence-electron chi connectivity index (χ4n) is 1.84. The lowest BCUT2D eigenvalue weighted by Crippen LogP contribution is -1.98. The van der Waals surface area contributed by atoms with Gasteiger partial charge in [-0.25, -0.2) is 0 Å². The Labute approximate surface area is 142 Å². The van der Waals surface area contributed by atoms with Gasteiger partial charge < -0.3 is 9.47 Å². The minimum absolute atomic E-state index is 0.159. The van der Waals surface area contributed by atoms with E-state index in [2.05, 4.69) is 10.5 Å². The van der Waals surface area contributed by atoms with Crippen LogP contribution in [0.2, 0.25) is 0 Å². The first-order valence-electron chi connectivity index (χ1n) is 6.81. The van der Waals surface area contributed by atoms with Crippen LogP contribution in [0.5, 0.6) is 17.2 Å². The monoisotopic (exact) mass is 337 g/mol. The summed E-state index contributed by atoms with van der Waals surface area (Å²) >= 11 is 0. The standard InChI is InChI=1S/C16H11N5O4/c1-24-15-4-2-3-5-16(15)25-14-7-11(6-13(8-14)21(22)23)19-20-12(9-17)10-18/h2-8,19H,1H3. The number of hydrazone groups is 1. The highest BCUT2D eigenvalue weighted by atomic mass is 16.6. The molecule has 0 unspecified atom stereocenters. The number of non-ortho nitro benzene ring substituents is 1. The maximum atomic E-state index is 11.1. The number of para-hydroxylation sites is 2. The average Bonchev–Trinajstić information content (AvgIpc) is 2.63. The lowest BCUT2D eigenvalue weighted by atomic mass is 10.2. The van der Waals surface area contributed by atoms with Crippen molar-refractivity contribution in [1.29, 1.82) is 10.5 Å². The molecule has 1 N–H and O–H groups in total. The van der Waals surface area contributed by atoms with Gasteiger partial charge in [-0.1, -0.05) is 12.1 Å².